The number of hydrogen-bond donors (Lipinski definition) is 0. The number of pyridine rings is 1. The van der Waals surface area contributed by atoms with Gasteiger partial charge in [-0.15, -0.1) is 10.2 Å². The van der Waals surface area contributed by atoms with Gasteiger partial charge in [-0.1, -0.05) is 18.5 Å². The van der Waals surface area contributed by atoms with Crippen LogP contribution in [0, 0.1) is 12.7 Å². The molecule has 0 aliphatic carbocycles. The Balaban J connectivity index is 1.52. The maximum Gasteiger partial charge on any atom is 0.238 e. The van der Waals surface area contributed by atoms with Crippen molar-refractivity contribution in [3.63, 3.8) is 0 Å². The molecule has 0 bridgehead atoms. The number of rotatable bonds is 6. The summed E-state index contributed by atoms with van der Waals surface area (Å²) in [5.41, 5.74) is 2.33. The predicted molar refractivity (Wildman–Crippen MR) is 125 cm³/mol. The maximum absolute atomic E-state index is 13.9. The van der Waals surface area contributed by atoms with Gasteiger partial charge < -0.3 is 18.6 Å². The molecule has 1 aliphatic heterocycles. The van der Waals surface area contributed by atoms with Gasteiger partial charge in [0, 0.05) is 18.3 Å². The predicted octanol–water partition coefficient (Wildman–Crippen LogP) is 5.50. The molecule has 34 heavy (non-hydrogen) atoms. The van der Waals surface area contributed by atoms with Gasteiger partial charge in [0.25, 0.3) is 0 Å². The second-order valence-corrected chi connectivity index (χ2v) is 8.63. The number of ether oxygens (including phenoxy) is 2. The largest absolute Gasteiger partial charge is 0.482 e. The van der Waals surface area contributed by atoms with Crippen molar-refractivity contribution in [3.8, 4) is 28.8 Å². The van der Waals surface area contributed by atoms with Crippen molar-refractivity contribution in [2.24, 2.45) is 0 Å². The SMILES string of the molecule is CCC1CCC(Oc2ccc(Cl)c(F)c2)c2nnc(-c3ccc(-n4cnc(C)c4)c(OC)n3)n21. The molecule has 4 heterocycles. The Bertz CT molecular complexity index is 1340. The van der Waals surface area contributed by atoms with Crippen molar-refractivity contribution in [2.45, 2.75) is 45.3 Å². The fourth-order valence-electron chi connectivity index (χ4n) is 4.33. The summed E-state index contributed by atoms with van der Waals surface area (Å²) in [5, 5.41) is 8.99. The molecule has 3 aromatic heterocycles. The minimum Gasteiger partial charge on any atom is -0.482 e. The molecule has 5 rings (SSSR count). The number of methoxy groups -OCH3 is 1. The minimum absolute atomic E-state index is 0.0572. The lowest BCUT2D eigenvalue weighted by Crippen LogP contribution is -2.25. The van der Waals surface area contributed by atoms with Gasteiger partial charge in [-0.3, -0.25) is 0 Å². The average molecular weight is 483 g/mol. The van der Waals surface area contributed by atoms with E-state index in [1.807, 2.05) is 29.8 Å². The van der Waals surface area contributed by atoms with E-state index in [1.165, 1.54) is 12.1 Å². The zero-order valence-corrected chi connectivity index (χ0v) is 19.8. The highest BCUT2D eigenvalue weighted by atomic mass is 35.5. The Morgan fingerprint density at radius 3 is 2.74 bits per heavy atom. The van der Waals surface area contributed by atoms with Crippen LogP contribution in [0.1, 0.15) is 49.9 Å². The van der Waals surface area contributed by atoms with E-state index in [2.05, 4.69) is 26.7 Å². The zero-order valence-electron chi connectivity index (χ0n) is 19.1. The molecule has 0 radical (unpaired) electrons. The van der Waals surface area contributed by atoms with Crippen LogP contribution in [0.25, 0.3) is 17.2 Å². The normalized spacial score (nSPS) is 17.4. The van der Waals surface area contributed by atoms with E-state index >= 15 is 0 Å². The van der Waals surface area contributed by atoms with E-state index in [-0.39, 0.29) is 17.2 Å². The third-order valence-electron chi connectivity index (χ3n) is 6.03. The number of hydrogen-bond acceptors (Lipinski definition) is 6. The fraction of sp³-hybridized carbons (Fsp3) is 0.333. The third kappa shape index (κ3) is 4.00. The van der Waals surface area contributed by atoms with E-state index in [0.717, 1.165) is 30.6 Å². The number of benzene rings is 1. The first kappa shape index (κ1) is 22.3. The van der Waals surface area contributed by atoms with Crippen LogP contribution in [0.4, 0.5) is 4.39 Å². The number of aromatic nitrogens is 6. The van der Waals surface area contributed by atoms with Crippen LogP contribution in [0.3, 0.4) is 0 Å². The molecule has 1 aromatic carbocycles. The molecule has 8 nitrogen and oxygen atoms in total. The third-order valence-corrected chi connectivity index (χ3v) is 6.34. The molecule has 1 aliphatic rings. The van der Waals surface area contributed by atoms with Crippen molar-refractivity contribution >= 4 is 11.6 Å². The summed E-state index contributed by atoms with van der Waals surface area (Å²) in [4.78, 5) is 9.01. The second-order valence-electron chi connectivity index (χ2n) is 8.22. The first-order valence-electron chi connectivity index (χ1n) is 11.1. The lowest BCUT2D eigenvalue weighted by Gasteiger charge is -2.30. The second kappa shape index (κ2) is 9.06. The first-order chi connectivity index (χ1) is 16.5. The van der Waals surface area contributed by atoms with Crippen LogP contribution in [0.2, 0.25) is 5.02 Å². The zero-order chi connectivity index (χ0) is 23.8. The van der Waals surface area contributed by atoms with Gasteiger partial charge in [-0.2, -0.15) is 0 Å². The van der Waals surface area contributed by atoms with E-state index in [1.54, 1.807) is 19.5 Å². The van der Waals surface area contributed by atoms with E-state index in [0.29, 0.717) is 29.0 Å². The van der Waals surface area contributed by atoms with Gasteiger partial charge in [0.2, 0.25) is 5.88 Å². The summed E-state index contributed by atoms with van der Waals surface area (Å²) in [6.07, 6.45) is 5.80. The molecule has 0 spiro atoms. The number of nitrogens with zero attached hydrogens (tertiary/aromatic N) is 6. The van der Waals surface area contributed by atoms with Crippen LogP contribution < -0.4 is 9.47 Å². The monoisotopic (exact) mass is 482 g/mol. The topological polar surface area (TPSA) is 79.9 Å². The van der Waals surface area contributed by atoms with Crippen molar-refractivity contribution in [3.05, 3.63) is 65.2 Å². The molecule has 4 aromatic rings. The Hall–Kier alpha value is -3.46. The van der Waals surface area contributed by atoms with Crippen molar-refractivity contribution in [2.75, 3.05) is 7.11 Å². The van der Waals surface area contributed by atoms with Crippen LogP contribution in [-0.4, -0.2) is 36.4 Å². The molecule has 2 atom stereocenters. The summed E-state index contributed by atoms with van der Waals surface area (Å²) in [5.74, 6) is 1.67. The van der Waals surface area contributed by atoms with E-state index in [4.69, 9.17) is 26.1 Å². The van der Waals surface area contributed by atoms with E-state index in [9.17, 15) is 4.39 Å². The van der Waals surface area contributed by atoms with Crippen molar-refractivity contribution in [1.82, 2.24) is 29.3 Å². The summed E-state index contributed by atoms with van der Waals surface area (Å²) in [7, 11) is 1.59. The number of aryl methyl sites for hydroxylation is 1. The first-order valence-corrected chi connectivity index (χ1v) is 11.5. The summed E-state index contributed by atoms with van der Waals surface area (Å²) < 4.78 is 29.6. The van der Waals surface area contributed by atoms with Gasteiger partial charge in [-0.05, 0) is 50.5 Å². The van der Waals surface area contributed by atoms with Crippen molar-refractivity contribution in [1.29, 1.82) is 0 Å². The molecule has 0 fully saturated rings. The van der Waals surface area contributed by atoms with Gasteiger partial charge in [0.15, 0.2) is 17.8 Å². The lowest BCUT2D eigenvalue weighted by atomic mass is 9.99. The highest BCUT2D eigenvalue weighted by Crippen LogP contribution is 2.39. The standard InChI is InChI=1S/C24H24ClFN6O2/c1-4-15-5-10-21(34-16-6-7-17(25)18(26)11-16)23-30-29-22(32(15)23)19-8-9-20(24(28-19)33-3)31-12-14(2)27-13-31/h6-9,11-13,15,21H,4-5,10H2,1-3H3. The summed E-state index contributed by atoms with van der Waals surface area (Å²) in [6.45, 7) is 4.06. The maximum atomic E-state index is 13.9. The summed E-state index contributed by atoms with van der Waals surface area (Å²) >= 11 is 5.81. The highest BCUT2D eigenvalue weighted by Gasteiger charge is 2.33. The van der Waals surface area contributed by atoms with Gasteiger partial charge in [0.1, 0.15) is 22.9 Å². The van der Waals surface area contributed by atoms with Gasteiger partial charge in [0.05, 0.1) is 24.2 Å². The van der Waals surface area contributed by atoms with E-state index < -0.39 is 5.82 Å². The van der Waals surface area contributed by atoms with Gasteiger partial charge >= 0.3 is 0 Å². The number of imidazole rings is 1. The minimum atomic E-state index is -0.520. The Kier molecular flexibility index (Phi) is 5.95. The van der Waals surface area contributed by atoms with Crippen LogP contribution in [-0.2, 0) is 0 Å². The molecule has 0 saturated carbocycles. The lowest BCUT2D eigenvalue weighted by molar-refractivity contribution is 0.143. The Morgan fingerprint density at radius 2 is 2.03 bits per heavy atom. The van der Waals surface area contributed by atoms with Crippen molar-refractivity contribution < 1.29 is 13.9 Å². The van der Waals surface area contributed by atoms with Gasteiger partial charge in [-0.25, -0.2) is 14.4 Å². The molecular weight excluding hydrogens is 459 g/mol. The molecule has 0 amide bonds. The average Bonchev–Trinajstić information content (AvgIpc) is 3.48. The Morgan fingerprint density at radius 1 is 1.18 bits per heavy atom. The molecule has 2 unspecified atom stereocenters. The number of halogens is 2. The number of fused-ring (bicyclic) bond motifs is 1. The fourth-order valence-corrected chi connectivity index (χ4v) is 4.45. The molecule has 0 N–H and O–H groups in total. The molecule has 10 heteroatoms. The van der Waals surface area contributed by atoms with Crippen LogP contribution in [0.15, 0.2) is 42.9 Å². The molecule has 0 saturated heterocycles. The smallest absolute Gasteiger partial charge is 0.238 e. The summed E-state index contributed by atoms with van der Waals surface area (Å²) in [6, 6.07) is 8.46. The quantitative estimate of drug-likeness (QED) is 0.361. The van der Waals surface area contributed by atoms with Crippen LogP contribution in [0.5, 0.6) is 11.6 Å². The molecular formula is C24H24ClFN6O2. The highest BCUT2D eigenvalue weighted by molar-refractivity contribution is 6.30. The van der Waals surface area contributed by atoms with Crippen LogP contribution >= 0.6 is 11.6 Å². The molecule has 176 valence electrons. The Labute approximate surface area is 201 Å².